The Hall–Kier alpha value is -2.95. The van der Waals surface area contributed by atoms with Gasteiger partial charge in [0.15, 0.2) is 5.78 Å². The lowest BCUT2D eigenvalue weighted by molar-refractivity contribution is 0.103. The smallest absolute Gasteiger partial charge is 0.197 e. The van der Waals surface area contributed by atoms with Crippen molar-refractivity contribution in [1.29, 1.82) is 0 Å². The summed E-state index contributed by atoms with van der Waals surface area (Å²) < 4.78 is 2.57. The second-order valence-corrected chi connectivity index (χ2v) is 8.12. The van der Waals surface area contributed by atoms with Crippen molar-refractivity contribution >= 4 is 29.8 Å². The Morgan fingerprint density at radius 1 is 0.833 bits per heavy atom. The van der Waals surface area contributed by atoms with Gasteiger partial charge in [0.05, 0.1) is 11.3 Å². The molecule has 0 aliphatic carbocycles. The molecule has 0 aliphatic rings. The van der Waals surface area contributed by atoms with Crippen LogP contribution in [0.1, 0.15) is 21.5 Å². The van der Waals surface area contributed by atoms with E-state index >= 15 is 0 Å². The van der Waals surface area contributed by atoms with Gasteiger partial charge in [0.1, 0.15) is 4.64 Å². The van der Waals surface area contributed by atoms with Gasteiger partial charge in [-0.05, 0) is 36.4 Å². The van der Waals surface area contributed by atoms with Gasteiger partial charge in [-0.3, -0.25) is 9.36 Å². The van der Waals surface area contributed by atoms with E-state index in [9.17, 15) is 4.79 Å². The number of nitrogens with zero attached hydrogens (tertiary/aromatic N) is 1. The molecule has 1 aromatic heterocycles. The minimum absolute atomic E-state index is 0.0441. The van der Waals surface area contributed by atoms with E-state index in [0.29, 0.717) is 15.8 Å². The Morgan fingerprint density at radius 3 is 1.93 bits per heavy atom. The summed E-state index contributed by atoms with van der Waals surface area (Å²) in [6.45, 7) is 2.07. The number of hydrogen-bond donors (Lipinski definition) is 0. The van der Waals surface area contributed by atoms with Gasteiger partial charge in [0.25, 0.3) is 0 Å². The zero-order valence-corrected chi connectivity index (χ0v) is 18.5. The molecular formula is C26H21NOS2. The van der Waals surface area contributed by atoms with E-state index in [1.165, 1.54) is 0 Å². The molecule has 0 N–H and O–H groups in total. The van der Waals surface area contributed by atoms with Crippen LogP contribution in [0.2, 0.25) is 0 Å². The Bertz CT molecular complexity index is 1250. The Kier molecular flexibility index (Phi) is 5.98. The SMILES string of the molecule is CSc1c(C)c(-c2ccccc2)n(-c2ccccc2)c(=S)c1C(=O)c1ccccc1. The highest BCUT2D eigenvalue weighted by atomic mass is 32.2. The lowest BCUT2D eigenvalue weighted by Gasteiger charge is -2.22. The monoisotopic (exact) mass is 427 g/mol. The third kappa shape index (κ3) is 3.64. The summed E-state index contributed by atoms with van der Waals surface area (Å²) in [6, 6.07) is 29.6. The van der Waals surface area contributed by atoms with Crippen LogP contribution in [0, 0.1) is 11.6 Å². The fourth-order valence-electron chi connectivity index (χ4n) is 3.73. The van der Waals surface area contributed by atoms with Crippen molar-refractivity contribution in [2.24, 2.45) is 0 Å². The molecule has 0 radical (unpaired) electrons. The highest BCUT2D eigenvalue weighted by molar-refractivity contribution is 7.98. The third-order valence-corrected chi connectivity index (χ3v) is 6.40. The Labute approximate surface area is 186 Å². The number of ketones is 1. The Morgan fingerprint density at radius 2 is 1.37 bits per heavy atom. The molecule has 4 rings (SSSR count). The minimum atomic E-state index is -0.0441. The van der Waals surface area contributed by atoms with E-state index in [2.05, 4.69) is 19.1 Å². The van der Waals surface area contributed by atoms with E-state index in [1.54, 1.807) is 11.8 Å². The van der Waals surface area contributed by atoms with Gasteiger partial charge < -0.3 is 0 Å². The number of benzene rings is 3. The standard InChI is InChI=1S/C26H21NOS2/c1-18-23(19-12-6-3-7-13-19)27(21-16-10-5-11-17-21)26(29)22(25(18)30-2)24(28)20-14-8-4-9-15-20/h3-17H,1-2H3. The van der Waals surface area contributed by atoms with Crippen LogP contribution in [0.3, 0.4) is 0 Å². The fraction of sp³-hybridized carbons (Fsp3) is 0.0769. The molecule has 3 aromatic carbocycles. The average molecular weight is 428 g/mol. The number of thioether (sulfide) groups is 1. The first-order valence-electron chi connectivity index (χ1n) is 9.67. The summed E-state index contributed by atoms with van der Waals surface area (Å²) in [7, 11) is 0. The van der Waals surface area contributed by atoms with E-state index < -0.39 is 0 Å². The van der Waals surface area contributed by atoms with Crippen molar-refractivity contribution in [3.8, 4) is 16.9 Å². The second kappa shape index (κ2) is 8.82. The molecule has 0 spiro atoms. The summed E-state index contributed by atoms with van der Waals surface area (Å²) in [4.78, 5) is 14.5. The largest absolute Gasteiger partial charge is 0.300 e. The number of para-hydroxylation sites is 1. The van der Waals surface area contributed by atoms with Gasteiger partial charge in [-0.15, -0.1) is 11.8 Å². The molecule has 4 aromatic rings. The van der Waals surface area contributed by atoms with Crippen LogP contribution in [0.15, 0.2) is 95.9 Å². The molecule has 0 saturated heterocycles. The summed E-state index contributed by atoms with van der Waals surface area (Å²) >= 11 is 7.55. The van der Waals surface area contributed by atoms with Gasteiger partial charge >= 0.3 is 0 Å². The molecular weight excluding hydrogens is 406 g/mol. The first kappa shape index (κ1) is 20.3. The van der Waals surface area contributed by atoms with Crippen LogP contribution in [0.4, 0.5) is 0 Å². The van der Waals surface area contributed by atoms with Gasteiger partial charge in [0.2, 0.25) is 0 Å². The molecule has 1 heterocycles. The highest BCUT2D eigenvalue weighted by Gasteiger charge is 2.24. The van der Waals surface area contributed by atoms with Crippen LogP contribution in [-0.4, -0.2) is 16.6 Å². The van der Waals surface area contributed by atoms with Gasteiger partial charge in [0, 0.05) is 16.1 Å². The zero-order valence-electron chi connectivity index (χ0n) is 16.8. The van der Waals surface area contributed by atoms with Crippen molar-refractivity contribution in [2.75, 3.05) is 6.26 Å². The van der Waals surface area contributed by atoms with Crippen molar-refractivity contribution in [1.82, 2.24) is 4.57 Å². The molecule has 0 atom stereocenters. The van der Waals surface area contributed by atoms with Crippen LogP contribution >= 0.6 is 24.0 Å². The quantitative estimate of drug-likeness (QED) is 0.192. The van der Waals surface area contributed by atoms with Crippen LogP contribution in [0.25, 0.3) is 16.9 Å². The van der Waals surface area contributed by atoms with Crippen molar-refractivity contribution in [3.63, 3.8) is 0 Å². The number of carbonyl (C=O) groups excluding carboxylic acids is 1. The lowest BCUT2D eigenvalue weighted by atomic mass is 9.99. The fourth-order valence-corrected chi connectivity index (χ4v) is 4.98. The van der Waals surface area contributed by atoms with Crippen LogP contribution in [0.5, 0.6) is 0 Å². The van der Waals surface area contributed by atoms with Crippen LogP contribution in [-0.2, 0) is 0 Å². The van der Waals surface area contributed by atoms with E-state index in [4.69, 9.17) is 12.2 Å². The number of aromatic nitrogens is 1. The number of hydrogen-bond acceptors (Lipinski definition) is 3. The topological polar surface area (TPSA) is 22.0 Å². The summed E-state index contributed by atoms with van der Waals surface area (Å²) in [6.07, 6.45) is 2.00. The predicted octanol–water partition coefficient (Wildman–Crippen LogP) is 7.14. The van der Waals surface area contributed by atoms with Crippen molar-refractivity contribution in [3.05, 3.63) is 112 Å². The first-order chi connectivity index (χ1) is 14.6. The molecule has 0 aliphatic heterocycles. The maximum absolute atomic E-state index is 13.5. The van der Waals surface area contributed by atoms with Crippen molar-refractivity contribution < 1.29 is 4.79 Å². The number of rotatable bonds is 5. The molecule has 30 heavy (non-hydrogen) atoms. The van der Waals surface area contributed by atoms with Gasteiger partial charge in [-0.1, -0.05) is 91.1 Å². The molecule has 0 bridgehead atoms. The molecule has 148 valence electrons. The highest BCUT2D eigenvalue weighted by Crippen LogP contribution is 2.37. The van der Waals surface area contributed by atoms with E-state index in [-0.39, 0.29) is 5.78 Å². The summed E-state index contributed by atoms with van der Waals surface area (Å²) in [5.41, 5.74) is 5.31. The van der Waals surface area contributed by atoms with E-state index in [0.717, 1.165) is 27.4 Å². The average Bonchev–Trinajstić information content (AvgIpc) is 2.81. The molecule has 0 amide bonds. The predicted molar refractivity (Wildman–Crippen MR) is 128 cm³/mol. The van der Waals surface area contributed by atoms with Crippen LogP contribution < -0.4 is 0 Å². The van der Waals surface area contributed by atoms with Crippen molar-refractivity contribution in [2.45, 2.75) is 11.8 Å². The Balaban J connectivity index is 2.11. The molecule has 4 heteroatoms. The lowest BCUT2D eigenvalue weighted by Crippen LogP contribution is -2.14. The summed E-state index contributed by atoms with van der Waals surface area (Å²) in [5, 5.41) is 0. The number of pyridine rings is 1. The minimum Gasteiger partial charge on any atom is -0.300 e. The zero-order chi connectivity index (χ0) is 21.1. The maximum atomic E-state index is 13.5. The van der Waals surface area contributed by atoms with Gasteiger partial charge in [-0.25, -0.2) is 0 Å². The molecule has 0 unspecified atom stereocenters. The van der Waals surface area contributed by atoms with Gasteiger partial charge in [-0.2, -0.15) is 0 Å². The molecule has 2 nitrogen and oxygen atoms in total. The second-order valence-electron chi connectivity index (χ2n) is 6.92. The first-order valence-corrected chi connectivity index (χ1v) is 11.3. The summed E-state index contributed by atoms with van der Waals surface area (Å²) in [5.74, 6) is -0.0441. The maximum Gasteiger partial charge on any atom is 0.197 e. The molecule has 0 saturated carbocycles. The third-order valence-electron chi connectivity index (χ3n) is 5.09. The normalized spacial score (nSPS) is 10.7. The number of carbonyl (C=O) groups is 1. The van der Waals surface area contributed by atoms with E-state index in [1.807, 2.05) is 89.7 Å². The molecule has 0 fully saturated rings.